The standard InChI is InChI=1S/C14H20N4S2/c1-9-16-10(8-19-9)7-18(3)14-17-13-11(15-2)5-4-6-12(13)20-14/h8,11,15H,4-7H2,1-3H3. The minimum Gasteiger partial charge on any atom is -0.345 e. The van der Waals surface area contributed by atoms with Gasteiger partial charge in [0.15, 0.2) is 5.13 Å². The number of fused-ring (bicyclic) bond motifs is 1. The van der Waals surface area contributed by atoms with Gasteiger partial charge in [0.1, 0.15) is 0 Å². The molecule has 0 radical (unpaired) electrons. The van der Waals surface area contributed by atoms with Crippen LogP contribution in [0, 0.1) is 6.92 Å². The summed E-state index contributed by atoms with van der Waals surface area (Å²) >= 11 is 3.55. The summed E-state index contributed by atoms with van der Waals surface area (Å²) in [4.78, 5) is 13.1. The zero-order valence-electron chi connectivity index (χ0n) is 12.1. The van der Waals surface area contributed by atoms with Gasteiger partial charge in [-0.3, -0.25) is 0 Å². The summed E-state index contributed by atoms with van der Waals surface area (Å²) in [6.07, 6.45) is 3.63. The maximum atomic E-state index is 4.86. The average molecular weight is 308 g/mol. The lowest BCUT2D eigenvalue weighted by Crippen LogP contribution is -2.21. The maximum absolute atomic E-state index is 4.86. The van der Waals surface area contributed by atoms with E-state index in [0.29, 0.717) is 6.04 Å². The summed E-state index contributed by atoms with van der Waals surface area (Å²) in [6.45, 7) is 2.88. The zero-order chi connectivity index (χ0) is 14.1. The van der Waals surface area contributed by atoms with Crippen molar-refractivity contribution in [2.24, 2.45) is 0 Å². The van der Waals surface area contributed by atoms with Gasteiger partial charge in [0.05, 0.1) is 29.0 Å². The highest BCUT2D eigenvalue weighted by molar-refractivity contribution is 7.15. The molecule has 0 bridgehead atoms. The fourth-order valence-electron chi connectivity index (χ4n) is 2.64. The first-order valence-corrected chi connectivity index (χ1v) is 8.66. The van der Waals surface area contributed by atoms with Crippen molar-refractivity contribution in [2.45, 2.75) is 38.8 Å². The van der Waals surface area contributed by atoms with E-state index in [0.717, 1.165) is 22.4 Å². The highest BCUT2D eigenvalue weighted by atomic mass is 32.1. The number of nitrogens with zero attached hydrogens (tertiary/aromatic N) is 3. The monoisotopic (exact) mass is 308 g/mol. The summed E-state index contributed by atoms with van der Waals surface area (Å²) in [6, 6.07) is 0.429. The lowest BCUT2D eigenvalue weighted by Gasteiger charge is -2.19. The smallest absolute Gasteiger partial charge is 0.185 e. The first kappa shape index (κ1) is 14.0. The molecule has 1 aliphatic rings. The van der Waals surface area contributed by atoms with Crippen LogP contribution in [0.15, 0.2) is 5.38 Å². The van der Waals surface area contributed by atoms with Gasteiger partial charge in [0, 0.05) is 17.3 Å². The van der Waals surface area contributed by atoms with E-state index < -0.39 is 0 Å². The maximum Gasteiger partial charge on any atom is 0.185 e. The van der Waals surface area contributed by atoms with Crippen LogP contribution >= 0.6 is 22.7 Å². The van der Waals surface area contributed by atoms with Crippen molar-refractivity contribution >= 4 is 27.8 Å². The number of aryl methyl sites for hydroxylation is 2. The SMILES string of the molecule is CNC1CCCc2sc(N(C)Cc3csc(C)n3)nc21. The van der Waals surface area contributed by atoms with E-state index in [1.54, 1.807) is 11.3 Å². The molecule has 3 rings (SSSR count). The molecule has 0 saturated heterocycles. The lowest BCUT2D eigenvalue weighted by molar-refractivity contribution is 0.490. The normalized spacial score (nSPS) is 18.1. The molecule has 0 aromatic carbocycles. The van der Waals surface area contributed by atoms with Gasteiger partial charge in [-0.2, -0.15) is 0 Å². The molecule has 2 aromatic heterocycles. The molecule has 1 atom stereocenters. The Hall–Kier alpha value is -0.980. The van der Waals surface area contributed by atoms with E-state index in [1.165, 1.54) is 29.8 Å². The van der Waals surface area contributed by atoms with E-state index in [2.05, 4.69) is 27.6 Å². The van der Waals surface area contributed by atoms with Crippen molar-refractivity contribution < 1.29 is 0 Å². The minimum absolute atomic E-state index is 0.429. The fourth-order valence-corrected chi connectivity index (χ4v) is 4.37. The summed E-state index contributed by atoms with van der Waals surface area (Å²) in [5.74, 6) is 0. The van der Waals surface area contributed by atoms with Crippen molar-refractivity contribution in [3.8, 4) is 0 Å². The van der Waals surface area contributed by atoms with Crippen LogP contribution in [-0.2, 0) is 13.0 Å². The molecule has 0 amide bonds. The molecule has 1 aliphatic carbocycles. The molecule has 0 aliphatic heterocycles. The van der Waals surface area contributed by atoms with Gasteiger partial charge in [-0.15, -0.1) is 22.7 Å². The number of aromatic nitrogens is 2. The summed E-state index contributed by atoms with van der Waals surface area (Å²) in [5, 5.41) is 7.76. The van der Waals surface area contributed by atoms with Gasteiger partial charge in [-0.1, -0.05) is 0 Å². The van der Waals surface area contributed by atoms with Gasteiger partial charge >= 0.3 is 0 Å². The van der Waals surface area contributed by atoms with Crippen LogP contribution in [-0.4, -0.2) is 24.1 Å². The Morgan fingerprint density at radius 2 is 2.30 bits per heavy atom. The predicted molar refractivity (Wildman–Crippen MR) is 85.8 cm³/mol. The van der Waals surface area contributed by atoms with Crippen LogP contribution in [0.25, 0.3) is 0 Å². The second kappa shape index (κ2) is 5.79. The van der Waals surface area contributed by atoms with Crippen molar-refractivity contribution in [1.82, 2.24) is 15.3 Å². The number of anilines is 1. The first-order valence-electron chi connectivity index (χ1n) is 6.96. The third-order valence-electron chi connectivity index (χ3n) is 3.68. The average Bonchev–Trinajstić information content (AvgIpc) is 3.04. The predicted octanol–water partition coefficient (Wildman–Crippen LogP) is 3.14. The summed E-state index contributed by atoms with van der Waals surface area (Å²) in [5.41, 5.74) is 2.40. The second-order valence-corrected chi connectivity index (χ2v) is 7.38. The van der Waals surface area contributed by atoms with E-state index in [4.69, 9.17) is 4.98 Å². The van der Waals surface area contributed by atoms with Crippen molar-refractivity contribution in [3.05, 3.63) is 26.7 Å². The molecule has 20 heavy (non-hydrogen) atoms. The quantitative estimate of drug-likeness (QED) is 0.942. The Kier molecular flexibility index (Phi) is 4.05. The molecule has 0 saturated carbocycles. The van der Waals surface area contributed by atoms with Crippen LogP contribution in [0.4, 0.5) is 5.13 Å². The van der Waals surface area contributed by atoms with E-state index in [1.807, 2.05) is 25.3 Å². The number of hydrogen-bond acceptors (Lipinski definition) is 6. The second-order valence-electron chi connectivity index (χ2n) is 5.25. The number of nitrogens with one attached hydrogen (secondary N) is 1. The molecule has 0 spiro atoms. The minimum atomic E-state index is 0.429. The first-order chi connectivity index (χ1) is 9.67. The highest BCUT2D eigenvalue weighted by Gasteiger charge is 2.24. The molecule has 2 heterocycles. The molecular weight excluding hydrogens is 288 g/mol. The molecule has 2 aromatic rings. The van der Waals surface area contributed by atoms with E-state index >= 15 is 0 Å². The Balaban J connectivity index is 1.78. The topological polar surface area (TPSA) is 41.0 Å². The van der Waals surface area contributed by atoms with Crippen LogP contribution in [0.5, 0.6) is 0 Å². The third-order valence-corrected chi connectivity index (χ3v) is 5.75. The Morgan fingerprint density at radius 3 is 3.00 bits per heavy atom. The van der Waals surface area contributed by atoms with Crippen molar-refractivity contribution in [2.75, 3.05) is 19.0 Å². The largest absolute Gasteiger partial charge is 0.345 e. The summed E-state index contributed by atoms with van der Waals surface area (Å²) in [7, 11) is 4.13. The van der Waals surface area contributed by atoms with Crippen LogP contribution < -0.4 is 10.2 Å². The fraction of sp³-hybridized carbons (Fsp3) is 0.571. The lowest BCUT2D eigenvalue weighted by atomic mass is 9.98. The van der Waals surface area contributed by atoms with Crippen molar-refractivity contribution in [3.63, 3.8) is 0 Å². The number of hydrogen-bond donors (Lipinski definition) is 1. The molecule has 108 valence electrons. The Morgan fingerprint density at radius 1 is 1.45 bits per heavy atom. The summed E-state index contributed by atoms with van der Waals surface area (Å²) < 4.78 is 0. The molecule has 1 N–H and O–H groups in total. The molecular formula is C14H20N4S2. The van der Waals surface area contributed by atoms with Crippen LogP contribution in [0.3, 0.4) is 0 Å². The van der Waals surface area contributed by atoms with Gasteiger partial charge in [-0.05, 0) is 33.2 Å². The van der Waals surface area contributed by atoms with Gasteiger partial charge in [0.2, 0.25) is 0 Å². The molecule has 0 fully saturated rings. The van der Waals surface area contributed by atoms with E-state index in [-0.39, 0.29) is 0 Å². The molecule has 1 unspecified atom stereocenters. The third kappa shape index (κ3) is 2.73. The van der Waals surface area contributed by atoms with E-state index in [9.17, 15) is 0 Å². The van der Waals surface area contributed by atoms with Gasteiger partial charge < -0.3 is 10.2 Å². The number of rotatable bonds is 4. The zero-order valence-corrected chi connectivity index (χ0v) is 13.8. The van der Waals surface area contributed by atoms with Crippen LogP contribution in [0.2, 0.25) is 0 Å². The highest BCUT2D eigenvalue weighted by Crippen LogP contribution is 2.36. The van der Waals surface area contributed by atoms with Gasteiger partial charge in [-0.25, -0.2) is 9.97 Å². The molecule has 6 heteroatoms. The number of thiazole rings is 2. The molecule has 4 nitrogen and oxygen atoms in total. The Labute approximate surface area is 127 Å². The van der Waals surface area contributed by atoms with Gasteiger partial charge in [0.25, 0.3) is 0 Å². The van der Waals surface area contributed by atoms with Crippen molar-refractivity contribution in [1.29, 1.82) is 0 Å². The van der Waals surface area contributed by atoms with Crippen LogP contribution in [0.1, 0.15) is 40.2 Å². The Bertz CT molecular complexity index is 590.